The van der Waals surface area contributed by atoms with E-state index < -0.39 is 29.5 Å². The summed E-state index contributed by atoms with van der Waals surface area (Å²) in [5, 5.41) is 0.0805. The number of imidazole rings is 1. The van der Waals surface area contributed by atoms with Gasteiger partial charge in [-0.25, -0.2) is 0 Å². The lowest BCUT2D eigenvalue weighted by Crippen LogP contribution is -2.33. The van der Waals surface area contributed by atoms with Gasteiger partial charge in [0, 0.05) is 29.5 Å². The maximum absolute atomic E-state index is 13.0. The van der Waals surface area contributed by atoms with Crippen LogP contribution in [0.1, 0.15) is 5.69 Å². The van der Waals surface area contributed by atoms with Crippen molar-refractivity contribution in [3.8, 4) is 11.5 Å². The van der Waals surface area contributed by atoms with E-state index in [1.165, 1.54) is 12.3 Å². The van der Waals surface area contributed by atoms with Crippen molar-refractivity contribution >= 4 is 22.2 Å². The summed E-state index contributed by atoms with van der Waals surface area (Å²) in [6.45, 7) is 3.86. The second-order valence-electron chi connectivity index (χ2n) is 5.76. The first-order chi connectivity index (χ1) is 13.8. The van der Waals surface area contributed by atoms with Gasteiger partial charge in [0.05, 0.1) is 16.7 Å². The molecule has 154 valence electrons. The summed E-state index contributed by atoms with van der Waals surface area (Å²) in [6.07, 6.45) is -5.50. The molecular formula is C18H15F4N3O3S. The fourth-order valence-electron chi connectivity index (χ4n) is 2.32. The van der Waals surface area contributed by atoms with Gasteiger partial charge in [-0.05, 0) is 18.2 Å². The smallest absolute Gasteiger partial charge is 0.461 e. The molecule has 1 N–H and O–H groups in total. The van der Waals surface area contributed by atoms with E-state index in [4.69, 9.17) is 4.74 Å². The zero-order chi connectivity index (χ0) is 21.0. The highest BCUT2D eigenvalue weighted by molar-refractivity contribution is 7.90. The number of aromatic nitrogens is 3. The van der Waals surface area contributed by atoms with Crippen molar-refractivity contribution in [2.45, 2.75) is 23.4 Å². The van der Waals surface area contributed by atoms with Crippen LogP contribution in [0.2, 0.25) is 0 Å². The Morgan fingerprint density at radius 2 is 2.03 bits per heavy atom. The van der Waals surface area contributed by atoms with Crippen molar-refractivity contribution in [3.63, 3.8) is 0 Å². The molecule has 1 aromatic carbocycles. The Kier molecular flexibility index (Phi) is 6.28. The largest absolute Gasteiger partial charge is 0.609 e. The maximum atomic E-state index is 13.0. The molecule has 0 saturated heterocycles. The second-order valence-corrected chi connectivity index (χ2v) is 7.12. The summed E-state index contributed by atoms with van der Waals surface area (Å²) < 4.78 is 72.6. The Balaban J connectivity index is 1.75. The summed E-state index contributed by atoms with van der Waals surface area (Å²) in [5.74, 6) is 0.0800. The minimum atomic E-state index is -4.63. The molecule has 3 rings (SSSR count). The molecule has 0 amide bonds. The molecule has 1 unspecified atom stereocenters. The monoisotopic (exact) mass is 429 g/mol. The quantitative estimate of drug-likeness (QED) is 0.315. The third-order valence-corrected chi connectivity index (χ3v) is 4.77. The van der Waals surface area contributed by atoms with Gasteiger partial charge in [0.1, 0.15) is 18.1 Å². The third-order valence-electron chi connectivity index (χ3n) is 3.59. The summed E-state index contributed by atoms with van der Waals surface area (Å²) in [4.78, 5) is 11.0. The SMILES string of the molecule is C=CCOc1ccnc(C[S+]([O-])c2nc3cc(OC(F)(F)C(F)F)ccc3[nH]2)c1. The number of halogens is 4. The number of hydrogen-bond donors (Lipinski definition) is 1. The van der Waals surface area contributed by atoms with Crippen LogP contribution in [0.25, 0.3) is 11.0 Å². The molecule has 2 aromatic heterocycles. The number of ether oxygens (including phenoxy) is 2. The van der Waals surface area contributed by atoms with Crippen LogP contribution in [0.15, 0.2) is 54.3 Å². The molecule has 0 spiro atoms. The molecule has 29 heavy (non-hydrogen) atoms. The van der Waals surface area contributed by atoms with Crippen molar-refractivity contribution in [3.05, 3.63) is 54.9 Å². The molecule has 1 atom stereocenters. The fraction of sp³-hybridized carbons (Fsp3) is 0.222. The Hall–Kier alpha value is -2.79. The first-order valence-corrected chi connectivity index (χ1v) is 9.52. The number of nitrogens with one attached hydrogen (secondary N) is 1. The van der Waals surface area contributed by atoms with Crippen molar-refractivity contribution < 1.29 is 31.6 Å². The van der Waals surface area contributed by atoms with Crippen LogP contribution in [0.5, 0.6) is 11.5 Å². The Morgan fingerprint density at radius 3 is 2.76 bits per heavy atom. The number of nitrogens with zero attached hydrogens (tertiary/aromatic N) is 2. The minimum absolute atomic E-state index is 0.0257. The molecule has 3 aromatic rings. The van der Waals surface area contributed by atoms with Gasteiger partial charge in [-0.1, -0.05) is 12.7 Å². The van der Waals surface area contributed by atoms with E-state index in [-0.39, 0.29) is 16.4 Å². The topological polar surface area (TPSA) is 83.1 Å². The fourth-order valence-corrected chi connectivity index (χ4v) is 3.30. The summed E-state index contributed by atoms with van der Waals surface area (Å²) in [7, 11) is 0. The summed E-state index contributed by atoms with van der Waals surface area (Å²) in [6, 6.07) is 6.74. The minimum Gasteiger partial charge on any atom is -0.609 e. The second kappa shape index (κ2) is 8.70. The molecule has 0 aliphatic heterocycles. The van der Waals surface area contributed by atoms with Crippen LogP contribution in [-0.4, -0.2) is 38.6 Å². The molecule has 0 aliphatic carbocycles. The maximum Gasteiger partial charge on any atom is 0.461 e. The average molecular weight is 429 g/mol. The van der Waals surface area contributed by atoms with E-state index in [1.807, 2.05) is 0 Å². The van der Waals surface area contributed by atoms with Gasteiger partial charge >= 0.3 is 17.7 Å². The van der Waals surface area contributed by atoms with Gasteiger partial charge in [0.25, 0.3) is 0 Å². The number of H-pyrrole nitrogens is 1. The van der Waals surface area contributed by atoms with Crippen molar-refractivity contribution in [2.24, 2.45) is 0 Å². The Morgan fingerprint density at radius 1 is 1.24 bits per heavy atom. The number of rotatable bonds is 9. The summed E-state index contributed by atoms with van der Waals surface area (Å²) >= 11 is -1.63. The number of aromatic amines is 1. The molecule has 0 fully saturated rings. The van der Waals surface area contributed by atoms with E-state index in [1.54, 1.807) is 18.2 Å². The zero-order valence-electron chi connectivity index (χ0n) is 14.8. The molecule has 0 bridgehead atoms. The van der Waals surface area contributed by atoms with Crippen LogP contribution in [0, 0.1) is 0 Å². The number of hydrogen-bond acceptors (Lipinski definition) is 5. The van der Waals surface area contributed by atoms with E-state index in [0.717, 1.165) is 12.1 Å². The molecule has 0 aliphatic rings. The molecule has 0 radical (unpaired) electrons. The zero-order valence-corrected chi connectivity index (χ0v) is 15.6. The predicted octanol–water partition coefficient (Wildman–Crippen LogP) is 4.07. The molecule has 6 nitrogen and oxygen atoms in total. The normalized spacial score (nSPS) is 12.9. The van der Waals surface area contributed by atoms with Crippen molar-refractivity contribution in [1.29, 1.82) is 0 Å². The lowest BCUT2D eigenvalue weighted by Gasteiger charge is -2.16. The third kappa shape index (κ3) is 5.18. The van der Waals surface area contributed by atoms with E-state index in [2.05, 4.69) is 26.3 Å². The average Bonchev–Trinajstić information content (AvgIpc) is 3.10. The number of benzene rings is 1. The number of pyridine rings is 1. The van der Waals surface area contributed by atoms with Crippen LogP contribution >= 0.6 is 0 Å². The van der Waals surface area contributed by atoms with Gasteiger partial charge in [0.15, 0.2) is 5.75 Å². The standard InChI is InChI=1S/C18H15F4N3O3S/c1-2-7-27-12-5-6-23-11(8-12)10-29(26)17-24-14-4-3-13(9-15(14)25-17)28-18(21,22)16(19)20/h2-6,8-9,16H,1,7,10H2,(H,24,25). The van der Waals surface area contributed by atoms with Gasteiger partial charge in [0.2, 0.25) is 0 Å². The Bertz CT molecular complexity index is 999. The van der Waals surface area contributed by atoms with Crippen LogP contribution < -0.4 is 9.47 Å². The van der Waals surface area contributed by atoms with Gasteiger partial charge in [-0.15, -0.1) is 0 Å². The van der Waals surface area contributed by atoms with E-state index in [9.17, 15) is 22.1 Å². The first kappa shape index (κ1) is 20.9. The molecular weight excluding hydrogens is 414 g/mol. The van der Waals surface area contributed by atoms with Gasteiger partial charge in [-0.2, -0.15) is 22.5 Å². The molecule has 11 heteroatoms. The molecule has 2 heterocycles. The first-order valence-electron chi connectivity index (χ1n) is 8.20. The lowest BCUT2D eigenvalue weighted by molar-refractivity contribution is -0.253. The summed E-state index contributed by atoms with van der Waals surface area (Å²) in [5.41, 5.74) is 1.02. The highest BCUT2D eigenvalue weighted by atomic mass is 32.2. The Labute approximate surface area is 165 Å². The van der Waals surface area contributed by atoms with E-state index >= 15 is 0 Å². The van der Waals surface area contributed by atoms with Gasteiger partial charge in [-0.3, -0.25) is 9.97 Å². The predicted molar refractivity (Wildman–Crippen MR) is 97.7 cm³/mol. The van der Waals surface area contributed by atoms with Crippen molar-refractivity contribution in [1.82, 2.24) is 15.0 Å². The lowest BCUT2D eigenvalue weighted by atomic mass is 10.3. The van der Waals surface area contributed by atoms with Crippen LogP contribution in [0.4, 0.5) is 17.6 Å². The molecule has 0 saturated carbocycles. The van der Waals surface area contributed by atoms with Crippen LogP contribution in [-0.2, 0) is 16.9 Å². The van der Waals surface area contributed by atoms with E-state index in [0.29, 0.717) is 23.6 Å². The number of alkyl halides is 4. The highest BCUT2D eigenvalue weighted by Crippen LogP contribution is 2.29. The van der Waals surface area contributed by atoms with Crippen LogP contribution in [0.3, 0.4) is 0 Å². The highest BCUT2D eigenvalue weighted by Gasteiger charge is 2.44. The number of fused-ring (bicyclic) bond motifs is 1. The van der Waals surface area contributed by atoms with Crippen molar-refractivity contribution in [2.75, 3.05) is 6.61 Å². The van der Waals surface area contributed by atoms with Gasteiger partial charge < -0.3 is 14.0 Å².